The second kappa shape index (κ2) is 2.77. The molecule has 0 aliphatic carbocycles. The van der Waals surface area contributed by atoms with E-state index in [0.717, 1.165) is 0 Å². The van der Waals surface area contributed by atoms with Gasteiger partial charge in [-0.2, -0.15) is 0 Å². The van der Waals surface area contributed by atoms with E-state index in [-0.39, 0.29) is 4.70 Å². The second-order valence-electron chi connectivity index (χ2n) is 2.07. The summed E-state index contributed by atoms with van der Waals surface area (Å²) in [6.45, 7) is 6.52. The lowest BCUT2D eigenvalue weighted by atomic mass is 10.3. The van der Waals surface area contributed by atoms with Crippen molar-refractivity contribution in [3.05, 3.63) is 0 Å². The highest BCUT2D eigenvalue weighted by atomic mass is 127. The fourth-order valence-electron chi connectivity index (χ4n) is 0. The van der Waals surface area contributed by atoms with Gasteiger partial charge in [0.15, 0.2) is 0 Å². The highest BCUT2D eigenvalue weighted by Crippen LogP contribution is 2.12. The van der Waals surface area contributed by atoms with Crippen LogP contribution in [0.25, 0.3) is 0 Å². The maximum atomic E-state index is 2.38. The maximum Gasteiger partial charge on any atom is 0.0137 e. The van der Waals surface area contributed by atoms with Crippen LogP contribution in [0.2, 0.25) is 0 Å². The minimum absolute atomic E-state index is 0. The molecule has 0 radical (unpaired) electrons. The average molecular weight is 204 g/mol. The summed E-state index contributed by atoms with van der Waals surface area (Å²) in [6.07, 6.45) is 0. The van der Waals surface area contributed by atoms with Gasteiger partial charge in [-0.05, 0) is 0 Å². The molecule has 40 valence electrons. The molecule has 0 aromatic rings. The van der Waals surface area contributed by atoms with Crippen LogP contribution in [0, 0.1) is 0 Å². The molecule has 0 atom stereocenters. The first kappa shape index (κ1) is 9.83. The van der Waals surface area contributed by atoms with Gasteiger partial charge in [0.05, 0.1) is 0 Å². The van der Waals surface area contributed by atoms with Gasteiger partial charge in [0.1, 0.15) is 0 Å². The van der Waals surface area contributed by atoms with Gasteiger partial charge in [0.2, 0.25) is 0 Å². The van der Waals surface area contributed by atoms with Gasteiger partial charge in [0, 0.05) is 3.42 Å². The maximum absolute atomic E-state index is 2.38. The Balaban J connectivity index is 0. The molecule has 0 aliphatic heterocycles. The van der Waals surface area contributed by atoms with Crippen molar-refractivity contribution in [2.24, 2.45) is 0 Å². The fraction of sp³-hybridized carbons (Fsp3) is 1.00. The van der Waals surface area contributed by atoms with Gasteiger partial charge >= 0.3 is 0 Å². The predicted octanol–water partition coefficient (Wildman–Crippen LogP) is 2.37. The molecule has 0 rings (SSSR count). The van der Waals surface area contributed by atoms with Gasteiger partial charge in [-0.25, -0.2) is 0 Å². The molecular formula is C4H10FI. The van der Waals surface area contributed by atoms with E-state index in [2.05, 4.69) is 43.4 Å². The Labute approximate surface area is 51.8 Å². The lowest BCUT2D eigenvalue weighted by molar-refractivity contribution is 0.846. The summed E-state index contributed by atoms with van der Waals surface area (Å²) in [4.78, 5) is 0. The first-order valence-electron chi connectivity index (χ1n) is 1.69. The van der Waals surface area contributed by atoms with Crippen molar-refractivity contribution in [2.75, 3.05) is 0 Å². The van der Waals surface area contributed by atoms with Crippen LogP contribution < -0.4 is 0 Å². The third kappa shape index (κ3) is 143. The van der Waals surface area contributed by atoms with E-state index in [1.807, 2.05) is 0 Å². The highest BCUT2D eigenvalue weighted by Gasteiger charge is 1.98. The van der Waals surface area contributed by atoms with E-state index < -0.39 is 0 Å². The molecule has 0 aromatic carbocycles. The number of hydrogen-bond donors (Lipinski definition) is 0. The van der Waals surface area contributed by atoms with Gasteiger partial charge in [-0.15, -0.1) is 0 Å². The molecule has 0 unspecified atom stereocenters. The molecule has 0 bridgehead atoms. The van der Waals surface area contributed by atoms with Crippen molar-refractivity contribution < 1.29 is 4.70 Å². The van der Waals surface area contributed by atoms with Crippen molar-refractivity contribution in [2.45, 2.75) is 24.2 Å². The summed E-state index contributed by atoms with van der Waals surface area (Å²) in [5.74, 6) is 0. The Morgan fingerprint density at radius 3 is 1.17 bits per heavy atom. The molecule has 0 fully saturated rings. The van der Waals surface area contributed by atoms with E-state index in [0.29, 0.717) is 3.42 Å². The molecule has 0 nitrogen and oxygen atoms in total. The Morgan fingerprint density at radius 1 is 1.17 bits per heavy atom. The molecule has 0 heterocycles. The van der Waals surface area contributed by atoms with Crippen molar-refractivity contribution >= 4 is 22.6 Å². The van der Waals surface area contributed by atoms with Crippen molar-refractivity contribution in [3.8, 4) is 0 Å². The monoisotopic (exact) mass is 204 g/mol. The van der Waals surface area contributed by atoms with Crippen LogP contribution in [0.3, 0.4) is 0 Å². The number of hydrogen-bond acceptors (Lipinski definition) is 0. The molecule has 0 spiro atoms. The van der Waals surface area contributed by atoms with Crippen LogP contribution in [0.4, 0.5) is 4.70 Å². The standard InChI is InChI=1S/C4H9I.FH/c1-4(2,3)5;/h1-3H3;1H. The second-order valence-corrected chi connectivity index (χ2v) is 5.30. The zero-order valence-corrected chi connectivity index (χ0v) is 6.44. The highest BCUT2D eigenvalue weighted by molar-refractivity contribution is 14.1. The molecule has 0 N–H and O–H groups in total. The Kier molecular flexibility index (Phi) is 4.54. The normalized spacial score (nSPS) is 10.0. The summed E-state index contributed by atoms with van der Waals surface area (Å²) in [5.41, 5.74) is 0. The topological polar surface area (TPSA) is 0 Å². The lowest BCUT2D eigenvalue weighted by Crippen LogP contribution is -1.97. The minimum Gasteiger partial charge on any atom is -0.269 e. The SMILES string of the molecule is CC(C)(C)I.F. The lowest BCUT2D eigenvalue weighted by Gasteiger charge is -2.02. The van der Waals surface area contributed by atoms with Crippen LogP contribution in [0.15, 0.2) is 0 Å². The number of rotatable bonds is 0. The van der Waals surface area contributed by atoms with Gasteiger partial charge in [-0.1, -0.05) is 43.4 Å². The van der Waals surface area contributed by atoms with E-state index >= 15 is 0 Å². The van der Waals surface area contributed by atoms with Crippen molar-refractivity contribution in [3.63, 3.8) is 0 Å². The first-order valence-corrected chi connectivity index (χ1v) is 2.77. The van der Waals surface area contributed by atoms with E-state index in [1.54, 1.807) is 0 Å². The average Bonchev–Trinajstić information content (AvgIpc) is 0.722. The number of alkyl halides is 1. The Bertz CT molecular complexity index is 23.0. The zero-order chi connectivity index (χ0) is 4.50. The molecule has 0 aliphatic rings. The molecule has 0 aromatic heterocycles. The quantitative estimate of drug-likeness (QED) is 0.419. The molecular weight excluding hydrogens is 194 g/mol. The van der Waals surface area contributed by atoms with E-state index in [4.69, 9.17) is 0 Å². The summed E-state index contributed by atoms with van der Waals surface area (Å²) < 4.78 is 0.470. The van der Waals surface area contributed by atoms with Crippen LogP contribution >= 0.6 is 22.6 Å². The first-order chi connectivity index (χ1) is 2.00. The molecule has 0 saturated heterocycles. The molecule has 2 heteroatoms. The van der Waals surface area contributed by atoms with Crippen LogP contribution in [-0.2, 0) is 0 Å². The van der Waals surface area contributed by atoms with Gasteiger partial charge in [-0.3, -0.25) is 4.70 Å². The smallest absolute Gasteiger partial charge is 0.0137 e. The minimum atomic E-state index is 0. The van der Waals surface area contributed by atoms with Crippen molar-refractivity contribution in [1.82, 2.24) is 0 Å². The summed E-state index contributed by atoms with van der Waals surface area (Å²) in [7, 11) is 0. The Morgan fingerprint density at radius 2 is 1.17 bits per heavy atom. The Hall–Kier alpha value is 0.660. The molecule has 0 amide bonds. The van der Waals surface area contributed by atoms with Crippen LogP contribution in [0.5, 0.6) is 0 Å². The van der Waals surface area contributed by atoms with Crippen LogP contribution in [0.1, 0.15) is 20.8 Å². The van der Waals surface area contributed by atoms with Gasteiger partial charge in [0.25, 0.3) is 0 Å². The number of halogens is 2. The third-order valence-corrected chi connectivity index (χ3v) is 0. The van der Waals surface area contributed by atoms with Crippen LogP contribution in [-0.4, -0.2) is 3.42 Å². The van der Waals surface area contributed by atoms with E-state index in [9.17, 15) is 0 Å². The zero-order valence-electron chi connectivity index (χ0n) is 4.29. The van der Waals surface area contributed by atoms with Gasteiger partial charge < -0.3 is 0 Å². The van der Waals surface area contributed by atoms with E-state index in [1.165, 1.54) is 0 Å². The predicted molar refractivity (Wildman–Crippen MR) is 36.3 cm³/mol. The summed E-state index contributed by atoms with van der Waals surface area (Å²) >= 11 is 2.38. The summed E-state index contributed by atoms with van der Waals surface area (Å²) in [5, 5.41) is 0. The fourth-order valence-corrected chi connectivity index (χ4v) is 0. The van der Waals surface area contributed by atoms with Crippen molar-refractivity contribution in [1.29, 1.82) is 0 Å². The molecule has 0 saturated carbocycles. The molecule has 6 heavy (non-hydrogen) atoms. The summed E-state index contributed by atoms with van der Waals surface area (Å²) in [6, 6.07) is 0. The largest absolute Gasteiger partial charge is 0.269 e. The third-order valence-electron chi connectivity index (χ3n) is 0.